The molecule has 0 aliphatic rings. The van der Waals surface area contributed by atoms with Crippen LogP contribution in [0.4, 0.5) is 5.69 Å². The molecule has 0 heterocycles. The Kier molecular flexibility index (Phi) is 5.45. The molecule has 0 aromatic heterocycles. The molecule has 0 saturated heterocycles. The lowest BCUT2D eigenvalue weighted by atomic mass is 10.1. The van der Waals surface area contributed by atoms with Crippen LogP contribution in [0, 0.1) is 10.1 Å². The summed E-state index contributed by atoms with van der Waals surface area (Å²) in [5.74, 6) is -1.87. The highest BCUT2D eigenvalue weighted by atomic mass is 35.5. The smallest absolute Gasteiger partial charge is 0.326 e. The van der Waals surface area contributed by atoms with E-state index >= 15 is 0 Å². The van der Waals surface area contributed by atoms with Crippen molar-refractivity contribution in [2.45, 2.75) is 25.8 Å². The zero-order valence-electron chi connectivity index (χ0n) is 10.6. The predicted octanol–water partition coefficient (Wildman–Crippen LogP) is 2.23. The number of non-ortho nitro benzene ring substituents is 1. The van der Waals surface area contributed by atoms with Crippen LogP contribution in [0.1, 0.15) is 30.1 Å². The summed E-state index contributed by atoms with van der Waals surface area (Å²) in [5, 5.41) is 22.0. The molecule has 20 heavy (non-hydrogen) atoms. The number of nitro groups is 1. The average molecular weight is 301 g/mol. The van der Waals surface area contributed by atoms with E-state index < -0.39 is 22.8 Å². The van der Waals surface area contributed by atoms with Gasteiger partial charge in [-0.1, -0.05) is 24.9 Å². The minimum Gasteiger partial charge on any atom is -0.480 e. The van der Waals surface area contributed by atoms with Gasteiger partial charge in [-0.3, -0.25) is 14.9 Å². The number of hydrogen-bond acceptors (Lipinski definition) is 4. The van der Waals surface area contributed by atoms with Gasteiger partial charge in [0.05, 0.1) is 4.92 Å². The van der Waals surface area contributed by atoms with Gasteiger partial charge in [0.2, 0.25) is 0 Å². The number of nitro benzene ring substituents is 1. The van der Waals surface area contributed by atoms with E-state index in [4.69, 9.17) is 16.7 Å². The first-order valence-electron chi connectivity index (χ1n) is 5.83. The Hall–Kier alpha value is -2.15. The molecular weight excluding hydrogens is 288 g/mol. The lowest BCUT2D eigenvalue weighted by Gasteiger charge is -2.13. The number of aliphatic carboxylic acids is 1. The second-order valence-corrected chi connectivity index (χ2v) is 4.54. The van der Waals surface area contributed by atoms with Crippen molar-refractivity contribution >= 4 is 29.2 Å². The van der Waals surface area contributed by atoms with Gasteiger partial charge in [0, 0.05) is 22.7 Å². The SMILES string of the molecule is CCC[C@@H](NC(=O)c1cc(Cl)cc([N+](=O)[O-])c1)C(=O)O. The summed E-state index contributed by atoms with van der Waals surface area (Å²) in [6, 6.07) is 2.37. The highest BCUT2D eigenvalue weighted by Crippen LogP contribution is 2.21. The predicted molar refractivity (Wildman–Crippen MR) is 71.9 cm³/mol. The summed E-state index contributed by atoms with van der Waals surface area (Å²) in [6.07, 6.45) is 0.844. The van der Waals surface area contributed by atoms with Gasteiger partial charge in [0.15, 0.2) is 0 Å². The summed E-state index contributed by atoms with van der Waals surface area (Å²) in [6.45, 7) is 1.78. The molecule has 0 spiro atoms. The molecule has 0 aliphatic carbocycles. The van der Waals surface area contributed by atoms with Gasteiger partial charge in [-0.05, 0) is 12.5 Å². The van der Waals surface area contributed by atoms with Crippen molar-refractivity contribution in [3.63, 3.8) is 0 Å². The van der Waals surface area contributed by atoms with Gasteiger partial charge >= 0.3 is 5.97 Å². The van der Waals surface area contributed by atoms with Crippen LogP contribution in [0.5, 0.6) is 0 Å². The van der Waals surface area contributed by atoms with Gasteiger partial charge in [-0.2, -0.15) is 0 Å². The van der Waals surface area contributed by atoms with Crippen LogP contribution >= 0.6 is 11.6 Å². The number of hydrogen-bond donors (Lipinski definition) is 2. The van der Waals surface area contributed by atoms with Crippen LogP contribution in [0.3, 0.4) is 0 Å². The zero-order valence-corrected chi connectivity index (χ0v) is 11.4. The van der Waals surface area contributed by atoms with E-state index in [1.54, 1.807) is 6.92 Å². The Labute approximate surface area is 119 Å². The Balaban J connectivity index is 2.97. The van der Waals surface area contributed by atoms with E-state index in [1.807, 2.05) is 0 Å². The van der Waals surface area contributed by atoms with Crippen molar-refractivity contribution in [3.8, 4) is 0 Å². The maximum atomic E-state index is 11.9. The molecular formula is C12H13ClN2O5. The van der Waals surface area contributed by atoms with Crippen molar-refractivity contribution < 1.29 is 19.6 Å². The van der Waals surface area contributed by atoms with E-state index in [-0.39, 0.29) is 22.7 Å². The number of nitrogens with zero attached hydrogens (tertiary/aromatic N) is 1. The maximum absolute atomic E-state index is 11.9. The molecule has 8 heteroatoms. The molecule has 0 aliphatic heterocycles. The number of carboxylic acids is 1. The van der Waals surface area contributed by atoms with Gasteiger partial charge < -0.3 is 10.4 Å². The van der Waals surface area contributed by atoms with Crippen molar-refractivity contribution in [1.29, 1.82) is 0 Å². The Morgan fingerprint density at radius 1 is 1.45 bits per heavy atom. The van der Waals surface area contributed by atoms with E-state index in [9.17, 15) is 19.7 Å². The van der Waals surface area contributed by atoms with Crippen LogP contribution in [0.2, 0.25) is 5.02 Å². The largest absolute Gasteiger partial charge is 0.480 e. The fourth-order valence-corrected chi connectivity index (χ4v) is 1.83. The van der Waals surface area contributed by atoms with Crippen LogP contribution < -0.4 is 5.32 Å². The van der Waals surface area contributed by atoms with Gasteiger partial charge in [0.25, 0.3) is 11.6 Å². The first kappa shape index (κ1) is 15.9. The van der Waals surface area contributed by atoms with Crippen molar-refractivity contribution in [3.05, 3.63) is 38.9 Å². The molecule has 0 bridgehead atoms. The van der Waals surface area contributed by atoms with Gasteiger partial charge in [-0.25, -0.2) is 4.79 Å². The third-order valence-corrected chi connectivity index (χ3v) is 2.75. The normalized spacial score (nSPS) is 11.7. The number of benzene rings is 1. The molecule has 1 aromatic rings. The third-order valence-electron chi connectivity index (χ3n) is 2.54. The fraction of sp³-hybridized carbons (Fsp3) is 0.333. The molecule has 0 fully saturated rings. The summed E-state index contributed by atoms with van der Waals surface area (Å²) in [7, 11) is 0. The summed E-state index contributed by atoms with van der Waals surface area (Å²) < 4.78 is 0. The van der Waals surface area contributed by atoms with Crippen molar-refractivity contribution in [2.75, 3.05) is 0 Å². The summed E-state index contributed by atoms with van der Waals surface area (Å²) >= 11 is 5.70. The number of carbonyl (C=O) groups excluding carboxylic acids is 1. The molecule has 108 valence electrons. The van der Waals surface area contributed by atoms with Gasteiger partial charge in [-0.15, -0.1) is 0 Å². The Morgan fingerprint density at radius 3 is 2.60 bits per heavy atom. The Morgan fingerprint density at radius 2 is 2.10 bits per heavy atom. The van der Waals surface area contributed by atoms with Gasteiger partial charge in [0.1, 0.15) is 6.04 Å². The van der Waals surface area contributed by atoms with E-state index in [2.05, 4.69) is 5.32 Å². The molecule has 1 atom stereocenters. The molecule has 1 rings (SSSR count). The molecule has 2 N–H and O–H groups in total. The number of carbonyl (C=O) groups is 2. The zero-order chi connectivity index (χ0) is 15.3. The molecule has 1 amide bonds. The number of halogens is 1. The second kappa shape index (κ2) is 6.85. The van der Waals surface area contributed by atoms with Crippen LogP contribution in [-0.4, -0.2) is 27.9 Å². The summed E-state index contributed by atoms with van der Waals surface area (Å²) in [4.78, 5) is 32.9. The third kappa shape index (κ3) is 4.20. The molecule has 0 saturated carbocycles. The minimum absolute atomic E-state index is 0.0340. The fourth-order valence-electron chi connectivity index (χ4n) is 1.60. The van der Waals surface area contributed by atoms with E-state index in [0.717, 1.165) is 12.1 Å². The number of rotatable bonds is 6. The minimum atomic E-state index is -1.16. The van der Waals surface area contributed by atoms with E-state index in [1.165, 1.54) is 6.07 Å². The summed E-state index contributed by atoms with van der Waals surface area (Å²) in [5.41, 5.74) is -0.378. The second-order valence-electron chi connectivity index (χ2n) is 4.11. The number of nitrogens with one attached hydrogen (secondary N) is 1. The topological polar surface area (TPSA) is 110 Å². The highest BCUT2D eigenvalue weighted by molar-refractivity contribution is 6.31. The van der Waals surface area contributed by atoms with Crippen molar-refractivity contribution in [2.24, 2.45) is 0 Å². The first-order valence-corrected chi connectivity index (χ1v) is 6.21. The number of carboxylic acid groups (broad SMARTS) is 1. The quantitative estimate of drug-likeness (QED) is 0.618. The average Bonchev–Trinajstić information content (AvgIpc) is 2.37. The number of amides is 1. The van der Waals surface area contributed by atoms with Crippen LogP contribution in [0.25, 0.3) is 0 Å². The van der Waals surface area contributed by atoms with Crippen molar-refractivity contribution in [1.82, 2.24) is 5.32 Å². The lowest BCUT2D eigenvalue weighted by molar-refractivity contribution is -0.384. The monoisotopic (exact) mass is 300 g/mol. The van der Waals surface area contributed by atoms with E-state index in [0.29, 0.717) is 6.42 Å². The molecule has 0 radical (unpaired) electrons. The highest BCUT2D eigenvalue weighted by Gasteiger charge is 2.21. The Bertz CT molecular complexity index is 547. The molecule has 7 nitrogen and oxygen atoms in total. The maximum Gasteiger partial charge on any atom is 0.326 e. The van der Waals surface area contributed by atoms with Crippen LogP contribution in [-0.2, 0) is 4.79 Å². The first-order chi connectivity index (χ1) is 9.35. The molecule has 0 unspecified atom stereocenters. The van der Waals surface area contributed by atoms with Crippen LogP contribution in [0.15, 0.2) is 18.2 Å². The standard InChI is InChI=1S/C12H13ClN2O5/c1-2-3-10(12(17)18)14-11(16)7-4-8(13)6-9(5-7)15(19)20/h4-6,10H,2-3H2,1H3,(H,14,16)(H,17,18)/t10-/m1/s1. The molecule has 1 aromatic carbocycles. The lowest BCUT2D eigenvalue weighted by Crippen LogP contribution is -2.40.